The first-order valence-corrected chi connectivity index (χ1v) is 8.48. The second kappa shape index (κ2) is 6.29. The van der Waals surface area contributed by atoms with E-state index < -0.39 is 0 Å². The van der Waals surface area contributed by atoms with Gasteiger partial charge < -0.3 is 11.1 Å². The number of amides is 1. The van der Waals surface area contributed by atoms with E-state index in [4.69, 9.17) is 5.73 Å². The van der Waals surface area contributed by atoms with E-state index in [2.05, 4.69) is 11.6 Å². The normalized spacial score (nSPS) is 31.2. The van der Waals surface area contributed by atoms with Gasteiger partial charge in [-0.2, -0.15) is 11.8 Å². The minimum absolute atomic E-state index is 0.0477. The molecule has 0 saturated heterocycles. The average molecular weight is 270 g/mol. The van der Waals surface area contributed by atoms with Crippen LogP contribution >= 0.6 is 11.8 Å². The predicted molar refractivity (Wildman–Crippen MR) is 77.7 cm³/mol. The fraction of sp³-hybridized carbons (Fsp3) is 0.929. The summed E-state index contributed by atoms with van der Waals surface area (Å²) in [6.07, 6.45) is 11.5. The summed E-state index contributed by atoms with van der Waals surface area (Å²) in [6, 6.07) is 0.0686. The molecule has 2 rings (SSSR count). The highest BCUT2D eigenvalue weighted by atomic mass is 32.2. The molecule has 2 aliphatic rings. The molecule has 1 amide bonds. The molecule has 0 aromatic heterocycles. The maximum Gasteiger partial charge on any atom is 0.224 e. The second-order valence-corrected chi connectivity index (χ2v) is 7.14. The lowest BCUT2D eigenvalue weighted by atomic mass is 9.84. The molecule has 0 spiro atoms. The zero-order chi connectivity index (χ0) is 13.0. The Morgan fingerprint density at radius 3 is 2.61 bits per heavy atom. The zero-order valence-electron chi connectivity index (χ0n) is 11.4. The summed E-state index contributed by atoms with van der Waals surface area (Å²) in [4.78, 5) is 12.3. The molecule has 3 nitrogen and oxygen atoms in total. The van der Waals surface area contributed by atoms with Gasteiger partial charge in [0.2, 0.25) is 5.91 Å². The van der Waals surface area contributed by atoms with E-state index in [0.29, 0.717) is 4.75 Å². The van der Waals surface area contributed by atoms with Crippen molar-refractivity contribution in [2.24, 2.45) is 11.7 Å². The quantitative estimate of drug-likeness (QED) is 0.771. The molecule has 3 N–H and O–H groups in total. The van der Waals surface area contributed by atoms with Gasteiger partial charge in [0.25, 0.3) is 0 Å². The van der Waals surface area contributed by atoms with Crippen LogP contribution in [0.2, 0.25) is 0 Å². The van der Waals surface area contributed by atoms with Crippen LogP contribution in [0.1, 0.15) is 51.4 Å². The number of hydrogen-bond donors (Lipinski definition) is 2. The smallest absolute Gasteiger partial charge is 0.224 e. The Morgan fingerprint density at radius 1 is 1.28 bits per heavy atom. The van der Waals surface area contributed by atoms with Gasteiger partial charge in [0, 0.05) is 17.3 Å². The summed E-state index contributed by atoms with van der Waals surface area (Å²) < 4.78 is 0.324. The van der Waals surface area contributed by atoms with Gasteiger partial charge in [-0.3, -0.25) is 4.79 Å². The highest BCUT2D eigenvalue weighted by Gasteiger charge is 2.37. The topological polar surface area (TPSA) is 55.1 Å². The number of nitrogens with two attached hydrogens (primary N) is 1. The lowest BCUT2D eigenvalue weighted by molar-refractivity contribution is -0.126. The predicted octanol–water partition coefficient (Wildman–Crippen LogP) is 2.30. The Balaban J connectivity index is 1.82. The fourth-order valence-electron chi connectivity index (χ4n) is 3.07. The van der Waals surface area contributed by atoms with Crippen LogP contribution in [0, 0.1) is 5.92 Å². The lowest BCUT2D eigenvalue weighted by Crippen LogP contribution is -2.49. The van der Waals surface area contributed by atoms with Gasteiger partial charge in [-0.1, -0.05) is 25.7 Å². The van der Waals surface area contributed by atoms with Crippen molar-refractivity contribution in [3.63, 3.8) is 0 Å². The molecule has 0 aromatic rings. The van der Waals surface area contributed by atoms with Crippen molar-refractivity contribution in [2.45, 2.75) is 62.2 Å². The average Bonchev–Trinajstić information content (AvgIpc) is 2.53. The van der Waals surface area contributed by atoms with E-state index in [9.17, 15) is 4.79 Å². The molecule has 2 saturated carbocycles. The molecule has 18 heavy (non-hydrogen) atoms. The molecule has 2 unspecified atom stereocenters. The summed E-state index contributed by atoms with van der Waals surface area (Å²) in [7, 11) is 0. The minimum Gasteiger partial charge on any atom is -0.354 e. The third-order valence-electron chi connectivity index (χ3n) is 4.69. The molecule has 0 bridgehead atoms. The number of nitrogens with one attached hydrogen (secondary N) is 1. The van der Waals surface area contributed by atoms with Crippen molar-refractivity contribution in [3.8, 4) is 0 Å². The maximum atomic E-state index is 12.3. The lowest BCUT2D eigenvalue weighted by Gasteiger charge is -2.40. The van der Waals surface area contributed by atoms with E-state index in [-0.39, 0.29) is 17.9 Å². The van der Waals surface area contributed by atoms with Crippen molar-refractivity contribution < 1.29 is 4.79 Å². The SMILES string of the molecule is CSC1(CNC(=O)C2CCCCCC2N)CCC1. The molecule has 2 fully saturated rings. The van der Waals surface area contributed by atoms with Gasteiger partial charge in [-0.15, -0.1) is 0 Å². The van der Waals surface area contributed by atoms with E-state index in [1.165, 1.54) is 32.1 Å². The first kappa shape index (κ1) is 14.2. The van der Waals surface area contributed by atoms with Crippen molar-refractivity contribution >= 4 is 17.7 Å². The molecule has 0 radical (unpaired) electrons. The van der Waals surface area contributed by atoms with Crippen LogP contribution in [-0.4, -0.2) is 29.5 Å². The molecule has 0 heterocycles. The Kier molecular flexibility index (Phi) is 4.96. The van der Waals surface area contributed by atoms with Gasteiger partial charge in [0.15, 0.2) is 0 Å². The van der Waals surface area contributed by atoms with E-state index in [0.717, 1.165) is 25.8 Å². The third kappa shape index (κ3) is 3.21. The molecular weight excluding hydrogens is 244 g/mol. The van der Waals surface area contributed by atoms with Gasteiger partial charge >= 0.3 is 0 Å². The van der Waals surface area contributed by atoms with Crippen LogP contribution in [0.4, 0.5) is 0 Å². The van der Waals surface area contributed by atoms with Crippen molar-refractivity contribution in [1.82, 2.24) is 5.32 Å². The monoisotopic (exact) mass is 270 g/mol. The van der Waals surface area contributed by atoms with E-state index in [1.807, 2.05) is 11.8 Å². The van der Waals surface area contributed by atoms with Crippen molar-refractivity contribution in [2.75, 3.05) is 12.8 Å². The summed E-state index contributed by atoms with van der Waals surface area (Å²) in [5.41, 5.74) is 6.13. The van der Waals surface area contributed by atoms with Gasteiger partial charge in [0.1, 0.15) is 0 Å². The molecule has 4 heteroatoms. The third-order valence-corrected chi connectivity index (χ3v) is 6.11. The highest BCUT2D eigenvalue weighted by Crippen LogP contribution is 2.42. The number of hydrogen-bond acceptors (Lipinski definition) is 3. The molecule has 2 aliphatic carbocycles. The van der Waals surface area contributed by atoms with E-state index >= 15 is 0 Å². The molecule has 0 aliphatic heterocycles. The number of carbonyl (C=O) groups is 1. The van der Waals surface area contributed by atoms with Crippen LogP contribution in [0.3, 0.4) is 0 Å². The highest BCUT2D eigenvalue weighted by molar-refractivity contribution is 8.00. The van der Waals surface area contributed by atoms with Crippen molar-refractivity contribution in [3.05, 3.63) is 0 Å². The summed E-state index contributed by atoms with van der Waals surface area (Å²) in [6.45, 7) is 0.830. The van der Waals surface area contributed by atoms with Gasteiger partial charge in [-0.25, -0.2) is 0 Å². The van der Waals surface area contributed by atoms with Crippen LogP contribution < -0.4 is 11.1 Å². The molecule has 0 aromatic carbocycles. The van der Waals surface area contributed by atoms with Crippen LogP contribution in [-0.2, 0) is 4.79 Å². The Morgan fingerprint density at radius 2 is 2.00 bits per heavy atom. The van der Waals surface area contributed by atoms with Crippen LogP contribution in [0.15, 0.2) is 0 Å². The van der Waals surface area contributed by atoms with Gasteiger partial charge in [-0.05, 0) is 31.9 Å². The first-order chi connectivity index (χ1) is 8.67. The fourth-order valence-corrected chi connectivity index (χ4v) is 3.98. The van der Waals surface area contributed by atoms with E-state index in [1.54, 1.807) is 0 Å². The Labute approximate surface area is 115 Å². The summed E-state index contributed by atoms with van der Waals surface area (Å²) >= 11 is 1.91. The Hall–Kier alpha value is -0.220. The van der Waals surface area contributed by atoms with Crippen molar-refractivity contribution in [1.29, 1.82) is 0 Å². The number of thioether (sulfide) groups is 1. The molecule has 104 valence electrons. The summed E-state index contributed by atoms with van der Waals surface area (Å²) in [5, 5.41) is 3.16. The number of carbonyl (C=O) groups excluding carboxylic acids is 1. The molecular formula is C14H26N2OS. The van der Waals surface area contributed by atoms with Gasteiger partial charge in [0.05, 0.1) is 5.92 Å². The first-order valence-electron chi connectivity index (χ1n) is 7.25. The minimum atomic E-state index is 0.0477. The van der Waals surface area contributed by atoms with Crippen LogP contribution in [0.25, 0.3) is 0 Å². The Bertz CT molecular complexity index is 286. The second-order valence-electron chi connectivity index (χ2n) is 5.87. The van der Waals surface area contributed by atoms with Crippen LogP contribution in [0.5, 0.6) is 0 Å². The number of rotatable bonds is 4. The maximum absolute atomic E-state index is 12.3. The molecule has 2 atom stereocenters. The zero-order valence-corrected chi connectivity index (χ0v) is 12.2. The summed E-state index contributed by atoms with van der Waals surface area (Å²) in [5.74, 6) is 0.246. The largest absolute Gasteiger partial charge is 0.354 e. The standard InChI is InChI=1S/C14H26N2OS/c1-18-14(8-5-9-14)10-16-13(17)11-6-3-2-4-7-12(11)15/h11-12H,2-10,15H2,1H3,(H,16,17).